The van der Waals surface area contributed by atoms with Gasteiger partial charge in [-0.15, -0.1) is 0 Å². The molecule has 0 saturated heterocycles. The Morgan fingerprint density at radius 2 is 1.86 bits per heavy atom. The average molecular weight is 286 g/mol. The quantitative estimate of drug-likeness (QED) is 0.397. The van der Waals surface area contributed by atoms with Gasteiger partial charge in [0.1, 0.15) is 0 Å². The fourth-order valence-corrected chi connectivity index (χ4v) is 3.28. The lowest BCUT2D eigenvalue weighted by molar-refractivity contribution is -0.132. The second-order valence-electron chi connectivity index (χ2n) is 6.06. The minimum atomic E-state index is -0.843. The number of carboxylic acids is 1. The molecule has 0 aromatic carbocycles. The van der Waals surface area contributed by atoms with E-state index in [-0.39, 0.29) is 0 Å². The highest BCUT2D eigenvalue weighted by molar-refractivity contribution is 5.86. The van der Waals surface area contributed by atoms with E-state index < -0.39 is 5.97 Å². The van der Waals surface area contributed by atoms with Crippen LogP contribution in [0, 0.1) is 5.92 Å². The number of allylic oxidation sites excluding steroid dienone is 7. The molecule has 0 fully saturated rings. The van der Waals surface area contributed by atoms with Gasteiger partial charge in [0.05, 0.1) is 0 Å². The number of carboxylic acid groups (broad SMARTS) is 1. The number of hydrogen-bond acceptors (Lipinski definition) is 1. The Hall–Kier alpha value is -1.57. The zero-order valence-corrected chi connectivity index (χ0v) is 13.0. The van der Waals surface area contributed by atoms with Gasteiger partial charge in [-0.2, -0.15) is 0 Å². The second kappa shape index (κ2) is 8.02. The van der Waals surface area contributed by atoms with Gasteiger partial charge in [0.2, 0.25) is 0 Å². The largest absolute Gasteiger partial charge is 0.478 e. The maximum absolute atomic E-state index is 10.7. The van der Waals surface area contributed by atoms with Crippen LogP contribution in [0.1, 0.15) is 58.3 Å². The first-order chi connectivity index (χ1) is 10.2. The van der Waals surface area contributed by atoms with Gasteiger partial charge in [0.25, 0.3) is 0 Å². The summed E-state index contributed by atoms with van der Waals surface area (Å²) in [6.45, 7) is 1.63. The fraction of sp³-hybridized carbons (Fsp3) is 0.526. The lowest BCUT2D eigenvalue weighted by Crippen LogP contribution is -2.05. The summed E-state index contributed by atoms with van der Waals surface area (Å²) in [6, 6.07) is 0. The molecule has 2 aliphatic carbocycles. The van der Waals surface area contributed by atoms with Crippen LogP contribution in [0.4, 0.5) is 0 Å². The van der Waals surface area contributed by atoms with E-state index in [4.69, 9.17) is 5.11 Å². The van der Waals surface area contributed by atoms with Crippen LogP contribution in [0.3, 0.4) is 0 Å². The molecule has 1 N–H and O–H groups in total. The molecular weight excluding hydrogens is 260 g/mol. The van der Waals surface area contributed by atoms with Crippen LogP contribution >= 0.6 is 0 Å². The van der Waals surface area contributed by atoms with E-state index in [9.17, 15) is 4.79 Å². The van der Waals surface area contributed by atoms with Gasteiger partial charge >= 0.3 is 5.97 Å². The molecule has 2 nitrogen and oxygen atoms in total. The van der Waals surface area contributed by atoms with Crippen molar-refractivity contribution < 1.29 is 9.90 Å². The molecule has 0 amide bonds. The van der Waals surface area contributed by atoms with Gasteiger partial charge in [0.15, 0.2) is 0 Å². The molecular formula is C19H26O2. The molecule has 0 aromatic rings. The zero-order valence-electron chi connectivity index (χ0n) is 13.0. The summed E-state index contributed by atoms with van der Waals surface area (Å²) in [5.41, 5.74) is 3.68. The van der Waals surface area contributed by atoms with Crippen molar-refractivity contribution in [3.63, 3.8) is 0 Å². The highest BCUT2D eigenvalue weighted by Crippen LogP contribution is 2.37. The monoisotopic (exact) mass is 286 g/mol. The number of aliphatic carboxylic acids is 1. The van der Waals surface area contributed by atoms with Gasteiger partial charge in [-0.25, -0.2) is 4.79 Å². The maximum Gasteiger partial charge on any atom is 0.331 e. The van der Waals surface area contributed by atoms with Crippen molar-refractivity contribution in [2.24, 2.45) is 5.92 Å². The van der Waals surface area contributed by atoms with Gasteiger partial charge in [-0.05, 0) is 58.3 Å². The molecule has 0 radical (unpaired) electrons. The number of hydrogen-bond donors (Lipinski definition) is 1. The number of rotatable bonds is 7. The molecule has 0 saturated carbocycles. The lowest BCUT2D eigenvalue weighted by Gasteiger charge is -2.19. The first-order valence-corrected chi connectivity index (χ1v) is 8.13. The summed E-state index contributed by atoms with van der Waals surface area (Å²) in [5.74, 6) is -0.200. The number of carbonyl (C=O) groups is 1. The molecule has 0 bridgehead atoms. The molecule has 2 rings (SSSR count). The summed E-state index contributed by atoms with van der Waals surface area (Å²) >= 11 is 0. The van der Waals surface area contributed by atoms with Crippen LogP contribution in [0.15, 0.2) is 47.1 Å². The van der Waals surface area contributed by atoms with Crippen molar-refractivity contribution >= 4 is 5.97 Å². The molecule has 0 heterocycles. The van der Waals surface area contributed by atoms with E-state index in [2.05, 4.69) is 18.2 Å². The Balaban J connectivity index is 1.89. The molecule has 2 heteroatoms. The molecule has 21 heavy (non-hydrogen) atoms. The van der Waals surface area contributed by atoms with Crippen LogP contribution in [-0.2, 0) is 4.79 Å². The average Bonchev–Trinajstić information content (AvgIpc) is 3.15. The Kier molecular flexibility index (Phi) is 6.04. The minimum Gasteiger partial charge on any atom is -0.478 e. The highest BCUT2D eigenvalue weighted by Gasteiger charge is 2.21. The third-order valence-electron chi connectivity index (χ3n) is 4.49. The van der Waals surface area contributed by atoms with Crippen molar-refractivity contribution in [2.75, 3.05) is 0 Å². The van der Waals surface area contributed by atoms with Crippen LogP contribution in [0.2, 0.25) is 0 Å². The maximum atomic E-state index is 10.7. The lowest BCUT2D eigenvalue weighted by atomic mass is 9.86. The van der Waals surface area contributed by atoms with E-state index in [1.54, 1.807) is 24.1 Å². The predicted octanol–water partition coefficient (Wildman–Crippen LogP) is 5.19. The van der Waals surface area contributed by atoms with Crippen molar-refractivity contribution in [2.45, 2.75) is 58.3 Å². The van der Waals surface area contributed by atoms with Crippen molar-refractivity contribution in [1.29, 1.82) is 0 Å². The van der Waals surface area contributed by atoms with Gasteiger partial charge in [-0.3, -0.25) is 0 Å². The standard InChI is InChI=1S/C19H26O2/c1-15(19(20)21)9-3-2-4-14-18(16-10-5-6-11-16)17-12-7-8-13-17/h2-3,9-10,12,18H,4-8,11,13-14H2,1H3,(H,20,21). The van der Waals surface area contributed by atoms with Gasteiger partial charge < -0.3 is 5.11 Å². The van der Waals surface area contributed by atoms with Gasteiger partial charge in [0, 0.05) is 11.5 Å². The van der Waals surface area contributed by atoms with Crippen LogP contribution in [0.5, 0.6) is 0 Å². The Morgan fingerprint density at radius 1 is 1.24 bits per heavy atom. The highest BCUT2D eigenvalue weighted by atomic mass is 16.4. The zero-order chi connectivity index (χ0) is 15.1. The summed E-state index contributed by atoms with van der Waals surface area (Å²) < 4.78 is 0. The van der Waals surface area contributed by atoms with Crippen molar-refractivity contribution in [3.05, 3.63) is 47.1 Å². The predicted molar refractivity (Wildman–Crippen MR) is 87.1 cm³/mol. The van der Waals surface area contributed by atoms with Crippen LogP contribution in [-0.4, -0.2) is 11.1 Å². The molecule has 0 atom stereocenters. The summed E-state index contributed by atoms with van der Waals surface area (Å²) in [5, 5.41) is 8.80. The smallest absolute Gasteiger partial charge is 0.331 e. The summed E-state index contributed by atoms with van der Waals surface area (Å²) in [4.78, 5) is 10.7. The molecule has 0 aliphatic heterocycles. The molecule has 0 unspecified atom stereocenters. The minimum absolute atomic E-state index is 0.389. The van der Waals surface area contributed by atoms with Crippen molar-refractivity contribution in [1.82, 2.24) is 0 Å². The van der Waals surface area contributed by atoms with E-state index in [0.29, 0.717) is 11.5 Å². The third kappa shape index (κ3) is 4.73. The van der Waals surface area contributed by atoms with E-state index in [0.717, 1.165) is 12.8 Å². The van der Waals surface area contributed by atoms with Crippen LogP contribution < -0.4 is 0 Å². The third-order valence-corrected chi connectivity index (χ3v) is 4.49. The first-order valence-electron chi connectivity index (χ1n) is 8.13. The second-order valence-corrected chi connectivity index (χ2v) is 6.06. The van der Waals surface area contributed by atoms with E-state index in [1.165, 1.54) is 38.5 Å². The molecule has 0 spiro atoms. The van der Waals surface area contributed by atoms with Crippen LogP contribution in [0.25, 0.3) is 0 Å². The summed E-state index contributed by atoms with van der Waals surface area (Å²) in [7, 11) is 0. The van der Waals surface area contributed by atoms with E-state index >= 15 is 0 Å². The SMILES string of the molecule is CC(=CC=CCCC(C1=CCCC1)C1=CCCC1)C(=O)O. The first kappa shape index (κ1) is 15.8. The normalized spacial score (nSPS) is 19.4. The molecule has 2 aliphatic rings. The fourth-order valence-electron chi connectivity index (χ4n) is 3.28. The Morgan fingerprint density at radius 3 is 2.33 bits per heavy atom. The molecule has 114 valence electrons. The van der Waals surface area contributed by atoms with Crippen molar-refractivity contribution in [3.8, 4) is 0 Å². The summed E-state index contributed by atoms with van der Waals surface area (Å²) in [6.07, 6.45) is 20.4. The van der Waals surface area contributed by atoms with Gasteiger partial charge in [-0.1, -0.05) is 41.5 Å². The topological polar surface area (TPSA) is 37.3 Å². The molecule has 0 aromatic heterocycles. The van der Waals surface area contributed by atoms with E-state index in [1.807, 2.05) is 6.08 Å². The Labute approximate surface area is 127 Å². The Bertz CT molecular complexity index is 468.